The highest BCUT2D eigenvalue weighted by Crippen LogP contribution is 2.15. The highest BCUT2D eigenvalue weighted by atomic mass is 16.1. The van der Waals surface area contributed by atoms with Gasteiger partial charge in [0.1, 0.15) is 5.82 Å². The molecule has 0 aliphatic rings. The van der Waals surface area contributed by atoms with Gasteiger partial charge in [0.2, 0.25) is 0 Å². The van der Waals surface area contributed by atoms with E-state index in [9.17, 15) is 4.79 Å². The first-order valence-corrected chi connectivity index (χ1v) is 6.47. The van der Waals surface area contributed by atoms with Gasteiger partial charge in [-0.05, 0) is 26.3 Å². The molecule has 5 heteroatoms. The van der Waals surface area contributed by atoms with Crippen LogP contribution in [-0.2, 0) is 7.05 Å². The summed E-state index contributed by atoms with van der Waals surface area (Å²) in [5.41, 5.74) is 2.67. The minimum absolute atomic E-state index is 0.0565. The number of rotatable bonds is 4. The van der Waals surface area contributed by atoms with Crippen LogP contribution in [0.2, 0.25) is 0 Å². The van der Waals surface area contributed by atoms with Crippen molar-refractivity contribution < 1.29 is 4.79 Å². The second kappa shape index (κ2) is 5.30. The number of amides is 1. The lowest BCUT2D eigenvalue weighted by Crippen LogP contribution is -2.29. The highest BCUT2D eigenvalue weighted by molar-refractivity contribution is 5.95. The molecule has 0 aromatic carbocycles. The number of H-pyrrole nitrogens is 1. The number of carbonyl (C=O) groups is 1. The number of aromatic nitrogens is 3. The zero-order valence-corrected chi connectivity index (χ0v) is 11.8. The molecule has 1 atom stereocenters. The molecule has 0 unspecified atom stereocenters. The summed E-state index contributed by atoms with van der Waals surface area (Å²) >= 11 is 0. The first-order valence-electron chi connectivity index (χ1n) is 6.47. The monoisotopic (exact) mass is 260 g/mol. The Morgan fingerprint density at radius 3 is 2.74 bits per heavy atom. The van der Waals surface area contributed by atoms with Gasteiger partial charge in [-0.2, -0.15) is 0 Å². The summed E-state index contributed by atoms with van der Waals surface area (Å²) < 4.78 is 1.94. The van der Waals surface area contributed by atoms with Crippen molar-refractivity contribution in [3.05, 3.63) is 41.2 Å². The lowest BCUT2D eigenvalue weighted by Gasteiger charge is -2.14. The van der Waals surface area contributed by atoms with Gasteiger partial charge in [0.05, 0.1) is 11.6 Å². The summed E-state index contributed by atoms with van der Waals surface area (Å²) in [6.07, 6.45) is 4.46. The lowest BCUT2D eigenvalue weighted by atomic mass is 10.1. The van der Waals surface area contributed by atoms with Crippen LogP contribution in [0.4, 0.5) is 0 Å². The van der Waals surface area contributed by atoms with Gasteiger partial charge < -0.3 is 14.9 Å². The number of aryl methyl sites for hydroxylation is 2. The van der Waals surface area contributed by atoms with Gasteiger partial charge in [0, 0.05) is 30.8 Å². The number of aromatic amines is 1. The number of hydrogen-bond donors (Lipinski definition) is 2. The molecular formula is C14H20N4O. The third-order valence-corrected chi connectivity index (χ3v) is 3.39. The van der Waals surface area contributed by atoms with Crippen molar-refractivity contribution in [1.82, 2.24) is 19.9 Å². The molecule has 5 nitrogen and oxygen atoms in total. The SMILES string of the molecule is CC[C@H](NC(=O)c1ccn(C)c1C)c1ncc(C)[nH]1. The van der Waals surface area contributed by atoms with Crippen LogP contribution in [0.5, 0.6) is 0 Å². The second-order valence-electron chi connectivity index (χ2n) is 4.81. The van der Waals surface area contributed by atoms with Gasteiger partial charge in [0.15, 0.2) is 0 Å². The number of hydrogen-bond acceptors (Lipinski definition) is 2. The number of nitrogens with zero attached hydrogens (tertiary/aromatic N) is 2. The maximum absolute atomic E-state index is 12.3. The van der Waals surface area contributed by atoms with E-state index in [0.29, 0.717) is 5.56 Å². The van der Waals surface area contributed by atoms with Crippen LogP contribution in [0, 0.1) is 13.8 Å². The van der Waals surface area contributed by atoms with E-state index < -0.39 is 0 Å². The standard InChI is InChI=1S/C14H20N4O/c1-5-12(13-15-8-9(2)16-13)17-14(19)11-6-7-18(4)10(11)3/h6-8,12H,5H2,1-4H3,(H,15,16)(H,17,19)/t12-/m0/s1. The summed E-state index contributed by atoms with van der Waals surface area (Å²) in [6, 6.07) is 1.76. The van der Waals surface area contributed by atoms with Gasteiger partial charge in [0.25, 0.3) is 5.91 Å². The van der Waals surface area contributed by atoms with Crippen molar-refractivity contribution in [2.45, 2.75) is 33.2 Å². The average Bonchev–Trinajstić information content (AvgIpc) is 2.94. The largest absolute Gasteiger partial charge is 0.354 e. The minimum atomic E-state index is -0.0826. The summed E-state index contributed by atoms with van der Waals surface area (Å²) in [7, 11) is 1.93. The van der Waals surface area contributed by atoms with Gasteiger partial charge in [-0.1, -0.05) is 6.92 Å². The van der Waals surface area contributed by atoms with Crippen LogP contribution >= 0.6 is 0 Å². The van der Waals surface area contributed by atoms with Crippen molar-refractivity contribution in [3.8, 4) is 0 Å². The number of nitrogens with one attached hydrogen (secondary N) is 2. The maximum Gasteiger partial charge on any atom is 0.253 e. The molecule has 0 fully saturated rings. The molecule has 1 amide bonds. The molecule has 0 bridgehead atoms. The molecule has 0 spiro atoms. The third kappa shape index (κ3) is 2.70. The number of imidazole rings is 1. The van der Waals surface area contributed by atoms with Crippen LogP contribution in [0.3, 0.4) is 0 Å². The summed E-state index contributed by atoms with van der Waals surface area (Å²) in [6.45, 7) is 5.92. The molecule has 2 aromatic rings. The minimum Gasteiger partial charge on any atom is -0.354 e. The molecule has 2 aromatic heterocycles. The van der Waals surface area contributed by atoms with Gasteiger partial charge >= 0.3 is 0 Å². The van der Waals surface area contributed by atoms with Crippen molar-refractivity contribution in [2.75, 3.05) is 0 Å². The van der Waals surface area contributed by atoms with Gasteiger partial charge in [-0.3, -0.25) is 4.79 Å². The molecule has 0 saturated carbocycles. The number of carbonyl (C=O) groups excluding carboxylic acids is 1. The van der Waals surface area contributed by atoms with Crippen LogP contribution < -0.4 is 5.32 Å². The van der Waals surface area contributed by atoms with Crippen LogP contribution in [0.25, 0.3) is 0 Å². The fourth-order valence-corrected chi connectivity index (χ4v) is 2.06. The topological polar surface area (TPSA) is 62.7 Å². The van der Waals surface area contributed by atoms with E-state index in [1.54, 1.807) is 6.20 Å². The molecule has 0 aliphatic carbocycles. The molecule has 2 N–H and O–H groups in total. The quantitative estimate of drug-likeness (QED) is 0.885. The zero-order valence-electron chi connectivity index (χ0n) is 11.8. The Kier molecular flexibility index (Phi) is 3.74. The van der Waals surface area contributed by atoms with E-state index >= 15 is 0 Å². The van der Waals surface area contributed by atoms with Crippen LogP contribution in [-0.4, -0.2) is 20.4 Å². The maximum atomic E-state index is 12.3. The Labute approximate surface area is 113 Å². The van der Waals surface area contributed by atoms with E-state index in [4.69, 9.17) is 0 Å². The molecule has 0 radical (unpaired) electrons. The first-order chi connectivity index (χ1) is 9.02. The summed E-state index contributed by atoms with van der Waals surface area (Å²) in [5.74, 6) is 0.751. The highest BCUT2D eigenvalue weighted by Gasteiger charge is 2.18. The van der Waals surface area contributed by atoms with E-state index in [-0.39, 0.29) is 11.9 Å². The molecule has 19 heavy (non-hydrogen) atoms. The van der Waals surface area contributed by atoms with Crippen molar-refractivity contribution in [1.29, 1.82) is 0 Å². The Hall–Kier alpha value is -2.04. The van der Waals surface area contributed by atoms with E-state index in [1.807, 2.05) is 44.6 Å². The molecule has 2 heterocycles. The Balaban J connectivity index is 2.15. The van der Waals surface area contributed by atoms with Crippen molar-refractivity contribution in [3.63, 3.8) is 0 Å². The molecular weight excluding hydrogens is 240 g/mol. The van der Waals surface area contributed by atoms with E-state index in [1.165, 1.54) is 0 Å². The van der Waals surface area contributed by atoms with Gasteiger partial charge in [-0.25, -0.2) is 4.98 Å². The smallest absolute Gasteiger partial charge is 0.253 e. The van der Waals surface area contributed by atoms with Crippen molar-refractivity contribution in [2.24, 2.45) is 7.05 Å². The second-order valence-corrected chi connectivity index (χ2v) is 4.81. The summed E-state index contributed by atoms with van der Waals surface area (Å²) in [5, 5.41) is 3.02. The normalized spacial score (nSPS) is 12.4. The van der Waals surface area contributed by atoms with Gasteiger partial charge in [-0.15, -0.1) is 0 Å². The zero-order chi connectivity index (χ0) is 14.0. The summed E-state index contributed by atoms with van der Waals surface area (Å²) in [4.78, 5) is 19.7. The van der Waals surface area contributed by atoms with E-state index in [0.717, 1.165) is 23.6 Å². The Bertz CT molecular complexity index is 582. The predicted molar refractivity (Wildman–Crippen MR) is 74.0 cm³/mol. The predicted octanol–water partition coefficient (Wildman–Crippen LogP) is 2.25. The average molecular weight is 260 g/mol. The first kappa shape index (κ1) is 13.4. The molecule has 2 rings (SSSR count). The van der Waals surface area contributed by atoms with Crippen molar-refractivity contribution >= 4 is 5.91 Å². The van der Waals surface area contributed by atoms with Crippen LogP contribution in [0.1, 0.15) is 47.0 Å². The molecule has 0 saturated heterocycles. The fourth-order valence-electron chi connectivity index (χ4n) is 2.06. The Morgan fingerprint density at radius 1 is 1.53 bits per heavy atom. The third-order valence-electron chi connectivity index (χ3n) is 3.39. The Morgan fingerprint density at radius 2 is 2.26 bits per heavy atom. The van der Waals surface area contributed by atoms with E-state index in [2.05, 4.69) is 15.3 Å². The lowest BCUT2D eigenvalue weighted by molar-refractivity contribution is 0.0933. The molecule has 102 valence electrons. The van der Waals surface area contributed by atoms with Crippen LogP contribution in [0.15, 0.2) is 18.5 Å². The fraction of sp³-hybridized carbons (Fsp3) is 0.429. The molecule has 0 aliphatic heterocycles.